The van der Waals surface area contributed by atoms with Gasteiger partial charge in [0, 0.05) is 16.3 Å². The van der Waals surface area contributed by atoms with Gasteiger partial charge in [-0.2, -0.15) is 11.3 Å². The zero-order valence-electron chi connectivity index (χ0n) is 18.4. The molecule has 5 rings (SSSR count). The summed E-state index contributed by atoms with van der Waals surface area (Å²) in [6, 6.07) is 30.3. The summed E-state index contributed by atoms with van der Waals surface area (Å²) < 4.78 is 0. The minimum absolute atomic E-state index is 0.0886. The molecule has 162 valence electrons. The van der Waals surface area contributed by atoms with Crippen molar-refractivity contribution in [3.8, 4) is 11.3 Å². The topological polar surface area (TPSA) is 42.0 Å². The molecule has 0 spiro atoms. The third kappa shape index (κ3) is 4.71. The van der Waals surface area contributed by atoms with Crippen molar-refractivity contribution >= 4 is 28.1 Å². The highest BCUT2D eigenvalue weighted by Crippen LogP contribution is 2.28. The quantitative estimate of drug-likeness (QED) is 0.304. The lowest BCUT2D eigenvalue weighted by Gasteiger charge is -2.20. The molecule has 0 aliphatic heterocycles. The summed E-state index contributed by atoms with van der Waals surface area (Å²) in [6.07, 6.45) is 0.718. The maximum Gasteiger partial charge on any atom is 0.252 e. The Morgan fingerprint density at radius 2 is 1.70 bits per heavy atom. The maximum absolute atomic E-state index is 13.7. The molecule has 0 aliphatic carbocycles. The number of fused-ring (bicyclic) bond motifs is 1. The van der Waals surface area contributed by atoms with E-state index in [1.807, 2.05) is 79.0 Å². The first-order chi connectivity index (χ1) is 16.2. The Labute approximate surface area is 197 Å². The number of nitrogens with zero attached hydrogens (tertiary/aromatic N) is 1. The van der Waals surface area contributed by atoms with Crippen LogP contribution in [0.3, 0.4) is 0 Å². The maximum atomic E-state index is 13.7. The molecule has 3 aromatic carbocycles. The van der Waals surface area contributed by atoms with Crippen molar-refractivity contribution < 1.29 is 4.79 Å². The molecule has 3 nitrogen and oxygen atoms in total. The number of carbonyl (C=O) groups excluding carboxylic acids is 1. The summed E-state index contributed by atoms with van der Waals surface area (Å²) in [5.41, 5.74) is 6.69. The molecule has 0 saturated heterocycles. The number of amides is 1. The molecule has 0 saturated carbocycles. The van der Waals surface area contributed by atoms with Crippen LogP contribution < -0.4 is 5.32 Å². The molecule has 2 heterocycles. The van der Waals surface area contributed by atoms with E-state index in [2.05, 4.69) is 35.0 Å². The van der Waals surface area contributed by atoms with Crippen molar-refractivity contribution in [2.75, 3.05) is 0 Å². The molecular weight excluding hydrogens is 424 g/mol. The third-order valence-corrected chi connectivity index (χ3v) is 6.50. The van der Waals surface area contributed by atoms with Gasteiger partial charge in [-0.1, -0.05) is 72.3 Å². The van der Waals surface area contributed by atoms with Crippen LogP contribution in [0.4, 0.5) is 0 Å². The standard InChI is InChI=1S/C29H24N2OS/c1-20-12-13-26-24(16-20)25(18-28(30-26)23-14-15-33-19-23)29(32)31-27(22-10-6-3-7-11-22)17-21-8-4-2-5-9-21/h2-16,18-19,27H,17H2,1H3,(H,31,32). The van der Waals surface area contributed by atoms with Gasteiger partial charge >= 0.3 is 0 Å². The molecule has 4 heteroatoms. The van der Waals surface area contributed by atoms with E-state index in [1.165, 1.54) is 5.56 Å². The predicted octanol–water partition coefficient (Wildman–Crippen LogP) is 6.99. The molecule has 5 aromatic rings. The molecule has 1 unspecified atom stereocenters. The number of hydrogen-bond donors (Lipinski definition) is 1. The van der Waals surface area contributed by atoms with Gasteiger partial charge in [0.1, 0.15) is 0 Å². The van der Waals surface area contributed by atoms with E-state index in [1.54, 1.807) is 11.3 Å². The van der Waals surface area contributed by atoms with E-state index in [0.29, 0.717) is 5.56 Å². The van der Waals surface area contributed by atoms with Crippen molar-refractivity contribution in [1.29, 1.82) is 0 Å². The SMILES string of the molecule is Cc1ccc2nc(-c3ccsc3)cc(C(=O)NC(Cc3ccccc3)c3ccccc3)c2c1. The zero-order chi connectivity index (χ0) is 22.6. The molecule has 33 heavy (non-hydrogen) atoms. The average molecular weight is 449 g/mol. The Kier molecular flexibility index (Phi) is 6.01. The fourth-order valence-electron chi connectivity index (χ4n) is 4.11. The van der Waals surface area contributed by atoms with E-state index < -0.39 is 0 Å². The number of pyridine rings is 1. The van der Waals surface area contributed by atoms with Gasteiger partial charge in [-0.25, -0.2) is 4.98 Å². The van der Waals surface area contributed by atoms with E-state index in [0.717, 1.165) is 39.7 Å². The highest BCUT2D eigenvalue weighted by Gasteiger charge is 2.20. The van der Waals surface area contributed by atoms with Crippen LogP contribution in [0.15, 0.2) is 102 Å². The molecule has 0 bridgehead atoms. The van der Waals surface area contributed by atoms with Gasteiger partial charge in [-0.3, -0.25) is 4.79 Å². The first-order valence-electron chi connectivity index (χ1n) is 11.0. The Morgan fingerprint density at radius 3 is 2.42 bits per heavy atom. The molecule has 0 aliphatic rings. The van der Waals surface area contributed by atoms with Crippen LogP contribution in [0.5, 0.6) is 0 Å². The van der Waals surface area contributed by atoms with Gasteiger partial charge in [-0.05, 0) is 54.1 Å². The largest absolute Gasteiger partial charge is 0.345 e. The number of benzene rings is 3. The highest BCUT2D eigenvalue weighted by atomic mass is 32.1. The predicted molar refractivity (Wildman–Crippen MR) is 137 cm³/mol. The molecule has 1 amide bonds. The highest BCUT2D eigenvalue weighted by molar-refractivity contribution is 7.08. The van der Waals surface area contributed by atoms with E-state index in [9.17, 15) is 4.79 Å². The van der Waals surface area contributed by atoms with E-state index in [-0.39, 0.29) is 11.9 Å². The molecule has 1 atom stereocenters. The summed E-state index contributed by atoms with van der Waals surface area (Å²) in [5, 5.41) is 8.28. The second kappa shape index (κ2) is 9.39. The van der Waals surface area contributed by atoms with Crippen molar-refractivity contribution in [2.45, 2.75) is 19.4 Å². The van der Waals surface area contributed by atoms with Crippen molar-refractivity contribution in [3.05, 3.63) is 124 Å². The Hall–Kier alpha value is -3.76. The monoisotopic (exact) mass is 448 g/mol. The van der Waals surface area contributed by atoms with E-state index >= 15 is 0 Å². The van der Waals surface area contributed by atoms with Crippen LogP contribution in [0.2, 0.25) is 0 Å². The summed E-state index contributed by atoms with van der Waals surface area (Å²) in [5.74, 6) is -0.0886. The van der Waals surface area contributed by atoms with Crippen LogP contribution in [-0.4, -0.2) is 10.9 Å². The van der Waals surface area contributed by atoms with Crippen LogP contribution in [0.25, 0.3) is 22.2 Å². The number of nitrogens with one attached hydrogen (secondary N) is 1. The number of aryl methyl sites for hydroxylation is 1. The second-order valence-corrected chi connectivity index (χ2v) is 8.99. The lowest BCUT2D eigenvalue weighted by atomic mass is 9.97. The summed E-state index contributed by atoms with van der Waals surface area (Å²) in [7, 11) is 0. The molecular formula is C29H24N2OS. The zero-order valence-corrected chi connectivity index (χ0v) is 19.2. The third-order valence-electron chi connectivity index (χ3n) is 5.82. The molecule has 2 aromatic heterocycles. The molecule has 0 radical (unpaired) electrons. The Balaban J connectivity index is 1.55. The van der Waals surface area contributed by atoms with Crippen molar-refractivity contribution in [1.82, 2.24) is 10.3 Å². The van der Waals surface area contributed by atoms with Gasteiger partial charge < -0.3 is 5.32 Å². The number of thiophene rings is 1. The fourth-order valence-corrected chi connectivity index (χ4v) is 4.76. The number of aromatic nitrogens is 1. The van der Waals surface area contributed by atoms with Crippen LogP contribution in [-0.2, 0) is 6.42 Å². The number of carbonyl (C=O) groups is 1. The smallest absolute Gasteiger partial charge is 0.252 e. The second-order valence-electron chi connectivity index (χ2n) is 8.21. The van der Waals surface area contributed by atoms with Gasteiger partial charge in [0.2, 0.25) is 0 Å². The number of hydrogen-bond acceptors (Lipinski definition) is 3. The first kappa shape index (κ1) is 21.1. The normalized spacial score (nSPS) is 11.9. The van der Waals surface area contributed by atoms with Crippen LogP contribution in [0.1, 0.15) is 33.1 Å². The van der Waals surface area contributed by atoms with Gasteiger partial charge in [0.05, 0.1) is 22.8 Å². The summed E-state index contributed by atoms with van der Waals surface area (Å²) in [6.45, 7) is 2.04. The Bertz CT molecular complexity index is 1380. The first-order valence-corrected chi connectivity index (χ1v) is 12.0. The fraction of sp³-hybridized carbons (Fsp3) is 0.103. The molecule has 1 N–H and O–H groups in total. The Morgan fingerprint density at radius 1 is 0.939 bits per heavy atom. The summed E-state index contributed by atoms with van der Waals surface area (Å²) in [4.78, 5) is 18.6. The molecule has 0 fully saturated rings. The van der Waals surface area contributed by atoms with E-state index in [4.69, 9.17) is 4.98 Å². The van der Waals surface area contributed by atoms with Crippen LogP contribution >= 0.6 is 11.3 Å². The lowest BCUT2D eigenvalue weighted by molar-refractivity contribution is 0.0938. The summed E-state index contributed by atoms with van der Waals surface area (Å²) >= 11 is 1.63. The minimum Gasteiger partial charge on any atom is -0.345 e. The lowest BCUT2D eigenvalue weighted by Crippen LogP contribution is -2.30. The van der Waals surface area contributed by atoms with Crippen molar-refractivity contribution in [2.24, 2.45) is 0 Å². The average Bonchev–Trinajstić information content (AvgIpc) is 3.39. The number of rotatable bonds is 6. The van der Waals surface area contributed by atoms with Crippen molar-refractivity contribution in [3.63, 3.8) is 0 Å². The minimum atomic E-state index is -0.140. The van der Waals surface area contributed by atoms with Gasteiger partial charge in [-0.15, -0.1) is 0 Å². The van der Waals surface area contributed by atoms with Gasteiger partial charge in [0.25, 0.3) is 5.91 Å². The van der Waals surface area contributed by atoms with Gasteiger partial charge in [0.15, 0.2) is 0 Å². The van der Waals surface area contributed by atoms with Crippen LogP contribution in [0, 0.1) is 6.92 Å².